The molecule has 0 saturated carbocycles. The first-order valence-corrected chi connectivity index (χ1v) is 8.30. The van der Waals surface area contributed by atoms with Crippen molar-refractivity contribution in [1.29, 1.82) is 0 Å². The minimum atomic E-state index is -3.77. The van der Waals surface area contributed by atoms with Gasteiger partial charge < -0.3 is 10.1 Å². The monoisotopic (exact) mass is 326 g/mol. The number of thiophene rings is 1. The van der Waals surface area contributed by atoms with Gasteiger partial charge in [-0.1, -0.05) is 12.1 Å². The molecule has 1 amide bonds. The van der Waals surface area contributed by atoms with Crippen molar-refractivity contribution >= 4 is 33.0 Å². The fraction of sp³-hybridized carbons (Fsp3) is 0.154. The molecule has 2 N–H and O–H groups in total. The SMILES string of the molecule is CNC(=O)c1cc(S(=O)(=O)Nc2ccccc2OC)cs1. The van der Waals surface area contributed by atoms with Gasteiger partial charge in [-0.25, -0.2) is 8.42 Å². The molecule has 0 bridgehead atoms. The topological polar surface area (TPSA) is 84.5 Å². The van der Waals surface area contributed by atoms with Gasteiger partial charge in [-0.15, -0.1) is 11.3 Å². The number of anilines is 1. The van der Waals surface area contributed by atoms with Gasteiger partial charge in [0.1, 0.15) is 5.75 Å². The van der Waals surface area contributed by atoms with Crippen LogP contribution in [0.15, 0.2) is 40.6 Å². The zero-order valence-electron chi connectivity index (χ0n) is 11.4. The molecule has 6 nitrogen and oxygen atoms in total. The van der Waals surface area contributed by atoms with Crippen LogP contribution in [-0.4, -0.2) is 28.5 Å². The number of methoxy groups -OCH3 is 1. The average Bonchev–Trinajstić information content (AvgIpc) is 2.97. The molecule has 2 aromatic rings. The van der Waals surface area contributed by atoms with Crippen LogP contribution in [0.25, 0.3) is 0 Å². The Morgan fingerprint density at radius 1 is 1.29 bits per heavy atom. The van der Waals surface area contributed by atoms with Crippen LogP contribution in [0.2, 0.25) is 0 Å². The molecule has 1 heterocycles. The van der Waals surface area contributed by atoms with Crippen molar-refractivity contribution in [1.82, 2.24) is 5.32 Å². The lowest BCUT2D eigenvalue weighted by atomic mass is 10.3. The molecule has 0 aliphatic heterocycles. The van der Waals surface area contributed by atoms with Gasteiger partial charge in [0.15, 0.2) is 0 Å². The van der Waals surface area contributed by atoms with E-state index in [1.807, 2.05) is 0 Å². The van der Waals surface area contributed by atoms with Crippen molar-refractivity contribution in [3.05, 3.63) is 40.6 Å². The number of nitrogens with one attached hydrogen (secondary N) is 2. The predicted octanol–water partition coefficient (Wildman–Crippen LogP) is 1.92. The van der Waals surface area contributed by atoms with Crippen molar-refractivity contribution in [3.8, 4) is 5.75 Å². The molecule has 21 heavy (non-hydrogen) atoms. The highest BCUT2D eigenvalue weighted by Gasteiger charge is 2.19. The highest BCUT2D eigenvalue weighted by atomic mass is 32.2. The fourth-order valence-electron chi connectivity index (χ4n) is 1.63. The summed E-state index contributed by atoms with van der Waals surface area (Å²) in [6.07, 6.45) is 0. The summed E-state index contributed by atoms with van der Waals surface area (Å²) in [7, 11) is -0.817. The Morgan fingerprint density at radius 3 is 2.67 bits per heavy atom. The first kappa shape index (κ1) is 15.3. The number of benzene rings is 1. The van der Waals surface area contributed by atoms with Crippen LogP contribution in [0.5, 0.6) is 5.75 Å². The molecule has 0 radical (unpaired) electrons. The number of sulfonamides is 1. The highest BCUT2D eigenvalue weighted by Crippen LogP contribution is 2.27. The van der Waals surface area contributed by atoms with E-state index in [0.717, 1.165) is 11.3 Å². The molecular weight excluding hydrogens is 312 g/mol. The van der Waals surface area contributed by atoms with Gasteiger partial charge in [-0.05, 0) is 18.2 Å². The molecule has 0 atom stereocenters. The molecule has 0 saturated heterocycles. The number of hydrogen-bond donors (Lipinski definition) is 2. The molecule has 0 aliphatic carbocycles. The summed E-state index contributed by atoms with van der Waals surface area (Å²) in [6.45, 7) is 0. The zero-order valence-corrected chi connectivity index (χ0v) is 13.0. The van der Waals surface area contributed by atoms with Crippen molar-refractivity contribution in [2.75, 3.05) is 18.9 Å². The zero-order chi connectivity index (χ0) is 15.5. The summed E-state index contributed by atoms with van der Waals surface area (Å²) < 4.78 is 32.2. The van der Waals surface area contributed by atoms with Crippen LogP contribution in [0, 0.1) is 0 Å². The van der Waals surface area contributed by atoms with E-state index in [1.54, 1.807) is 24.3 Å². The third-order valence-electron chi connectivity index (χ3n) is 2.69. The second-order valence-corrected chi connectivity index (χ2v) is 6.63. The van der Waals surface area contributed by atoms with E-state index in [4.69, 9.17) is 4.74 Å². The maximum Gasteiger partial charge on any atom is 0.262 e. The highest BCUT2D eigenvalue weighted by molar-refractivity contribution is 7.92. The van der Waals surface area contributed by atoms with Crippen molar-refractivity contribution in [3.63, 3.8) is 0 Å². The quantitative estimate of drug-likeness (QED) is 0.879. The van der Waals surface area contributed by atoms with E-state index in [2.05, 4.69) is 10.0 Å². The molecular formula is C13H14N2O4S2. The molecule has 112 valence electrons. The minimum absolute atomic E-state index is 0.0389. The molecule has 0 unspecified atom stereocenters. The van der Waals surface area contributed by atoms with Gasteiger partial charge in [-0.2, -0.15) is 0 Å². The Morgan fingerprint density at radius 2 is 2.00 bits per heavy atom. The van der Waals surface area contributed by atoms with Gasteiger partial charge in [0.05, 0.1) is 22.6 Å². The molecule has 0 aliphatic rings. The fourth-order valence-corrected chi connectivity index (χ4v) is 3.92. The van der Waals surface area contributed by atoms with E-state index in [9.17, 15) is 13.2 Å². The van der Waals surface area contributed by atoms with Crippen LogP contribution in [-0.2, 0) is 10.0 Å². The number of rotatable bonds is 5. The van der Waals surface area contributed by atoms with Gasteiger partial charge in [0.2, 0.25) is 0 Å². The molecule has 8 heteroatoms. The summed E-state index contributed by atoms with van der Waals surface area (Å²) in [6, 6.07) is 8.03. The Kier molecular flexibility index (Phi) is 4.49. The Bertz CT molecular complexity index is 753. The van der Waals surface area contributed by atoms with Crippen LogP contribution in [0.1, 0.15) is 9.67 Å². The Balaban J connectivity index is 2.30. The van der Waals surface area contributed by atoms with Crippen molar-refractivity contribution in [2.24, 2.45) is 0 Å². The lowest BCUT2D eigenvalue weighted by Crippen LogP contribution is -2.16. The first-order valence-electron chi connectivity index (χ1n) is 5.94. The summed E-state index contributed by atoms with van der Waals surface area (Å²) in [5, 5.41) is 3.87. The Labute approximate surface area is 126 Å². The van der Waals surface area contributed by atoms with E-state index in [0.29, 0.717) is 16.3 Å². The molecule has 2 rings (SSSR count). The van der Waals surface area contributed by atoms with Crippen molar-refractivity contribution in [2.45, 2.75) is 4.90 Å². The summed E-state index contributed by atoms with van der Waals surface area (Å²) in [5.74, 6) is 0.0987. The molecule has 0 spiro atoms. The number of amides is 1. The Hall–Kier alpha value is -2.06. The molecule has 1 aromatic carbocycles. The number of carbonyl (C=O) groups is 1. The van der Waals surface area contributed by atoms with Crippen LogP contribution < -0.4 is 14.8 Å². The summed E-state index contributed by atoms with van der Waals surface area (Å²) in [4.78, 5) is 11.8. The van der Waals surface area contributed by atoms with Gasteiger partial charge >= 0.3 is 0 Å². The predicted molar refractivity (Wildman–Crippen MR) is 81.5 cm³/mol. The van der Waals surface area contributed by atoms with E-state index >= 15 is 0 Å². The van der Waals surface area contributed by atoms with Gasteiger partial charge in [0, 0.05) is 12.4 Å². The number of carbonyl (C=O) groups excluding carboxylic acids is 1. The normalized spacial score (nSPS) is 11.0. The first-order chi connectivity index (χ1) is 9.97. The number of ether oxygens (including phenoxy) is 1. The summed E-state index contributed by atoms with van der Waals surface area (Å²) >= 11 is 1.07. The third-order valence-corrected chi connectivity index (χ3v) is 5.11. The maximum atomic E-state index is 12.3. The van der Waals surface area contributed by atoms with Crippen LogP contribution >= 0.6 is 11.3 Å². The third kappa shape index (κ3) is 3.34. The smallest absolute Gasteiger partial charge is 0.262 e. The maximum absolute atomic E-state index is 12.3. The number of hydrogen-bond acceptors (Lipinski definition) is 5. The summed E-state index contributed by atoms with van der Waals surface area (Å²) in [5.41, 5.74) is 0.340. The van der Waals surface area contributed by atoms with E-state index < -0.39 is 10.0 Å². The van der Waals surface area contributed by atoms with E-state index in [1.165, 1.54) is 25.6 Å². The average molecular weight is 326 g/mol. The lowest BCUT2D eigenvalue weighted by molar-refractivity contribution is 0.0967. The van der Waals surface area contributed by atoms with Gasteiger partial charge in [-0.3, -0.25) is 9.52 Å². The second kappa shape index (κ2) is 6.15. The minimum Gasteiger partial charge on any atom is -0.495 e. The van der Waals surface area contributed by atoms with Crippen LogP contribution in [0.4, 0.5) is 5.69 Å². The number of para-hydroxylation sites is 2. The molecule has 1 aromatic heterocycles. The van der Waals surface area contributed by atoms with Gasteiger partial charge in [0.25, 0.3) is 15.9 Å². The standard InChI is InChI=1S/C13H14N2O4S2/c1-14-13(16)12-7-9(8-20-12)21(17,18)15-10-5-3-4-6-11(10)19-2/h3-8,15H,1-2H3,(H,14,16). The largest absolute Gasteiger partial charge is 0.495 e. The van der Waals surface area contributed by atoms with Crippen molar-refractivity contribution < 1.29 is 17.9 Å². The second-order valence-electron chi connectivity index (χ2n) is 4.03. The van der Waals surface area contributed by atoms with Crippen LogP contribution in [0.3, 0.4) is 0 Å². The lowest BCUT2D eigenvalue weighted by Gasteiger charge is -2.10. The molecule has 0 fully saturated rings. The van der Waals surface area contributed by atoms with E-state index in [-0.39, 0.29) is 10.8 Å².